The molecule has 0 N–H and O–H groups in total. The van der Waals surface area contributed by atoms with E-state index in [2.05, 4.69) is 5.16 Å². The van der Waals surface area contributed by atoms with Crippen LogP contribution in [0.25, 0.3) is 0 Å². The fourth-order valence-electron chi connectivity index (χ4n) is 1.27. The monoisotopic (exact) mass is 213 g/mol. The Morgan fingerprint density at radius 1 is 1.27 bits per heavy atom. The van der Waals surface area contributed by atoms with Gasteiger partial charge in [-0.1, -0.05) is 5.16 Å². The maximum atomic E-state index is 5.46. The van der Waals surface area contributed by atoms with Crippen molar-refractivity contribution in [2.75, 3.05) is 26.9 Å². The van der Waals surface area contributed by atoms with Gasteiger partial charge >= 0.3 is 0 Å². The summed E-state index contributed by atoms with van der Waals surface area (Å²) in [4.78, 5) is 0. The molecular formula is C11H19NO3. The van der Waals surface area contributed by atoms with Crippen LogP contribution in [0.15, 0.2) is 10.6 Å². The fourth-order valence-corrected chi connectivity index (χ4v) is 1.27. The summed E-state index contributed by atoms with van der Waals surface area (Å²) in [6.07, 6.45) is 2.92. The van der Waals surface area contributed by atoms with Gasteiger partial charge in [0.1, 0.15) is 5.76 Å². The average molecular weight is 213 g/mol. The third kappa shape index (κ3) is 5.54. The molecule has 0 aliphatic heterocycles. The van der Waals surface area contributed by atoms with Gasteiger partial charge < -0.3 is 14.0 Å². The summed E-state index contributed by atoms with van der Waals surface area (Å²) in [6, 6.07) is 1.94. The van der Waals surface area contributed by atoms with Crippen molar-refractivity contribution in [2.45, 2.75) is 26.2 Å². The number of hydrogen-bond acceptors (Lipinski definition) is 4. The van der Waals surface area contributed by atoms with E-state index in [1.165, 1.54) is 0 Å². The molecule has 0 spiro atoms. The maximum Gasteiger partial charge on any atom is 0.133 e. The maximum absolute atomic E-state index is 5.46. The Labute approximate surface area is 90.5 Å². The molecule has 0 amide bonds. The van der Waals surface area contributed by atoms with Gasteiger partial charge in [-0.25, -0.2) is 0 Å². The van der Waals surface area contributed by atoms with Gasteiger partial charge in [0.15, 0.2) is 0 Å². The molecule has 0 saturated heterocycles. The Kier molecular flexibility index (Phi) is 6.04. The summed E-state index contributed by atoms with van der Waals surface area (Å²) in [5, 5.41) is 3.89. The van der Waals surface area contributed by atoms with Crippen molar-refractivity contribution >= 4 is 0 Å². The summed E-state index contributed by atoms with van der Waals surface area (Å²) in [7, 11) is 1.72. The van der Waals surface area contributed by atoms with Gasteiger partial charge in [-0.3, -0.25) is 0 Å². The van der Waals surface area contributed by atoms with Gasteiger partial charge in [0, 0.05) is 32.8 Å². The van der Waals surface area contributed by atoms with Crippen LogP contribution in [0.2, 0.25) is 0 Å². The fraction of sp³-hybridized carbons (Fsp3) is 0.727. The molecule has 0 radical (unpaired) electrons. The lowest BCUT2D eigenvalue weighted by Gasteiger charge is -2.02. The Morgan fingerprint density at radius 2 is 2.07 bits per heavy atom. The summed E-state index contributed by atoms with van der Waals surface area (Å²) in [6.45, 7) is 4.20. The van der Waals surface area contributed by atoms with Crippen molar-refractivity contribution in [3.05, 3.63) is 17.5 Å². The number of aryl methyl sites for hydroxylation is 1. The molecule has 0 saturated carbocycles. The van der Waals surface area contributed by atoms with Crippen LogP contribution in [0.5, 0.6) is 0 Å². The van der Waals surface area contributed by atoms with Gasteiger partial charge in [0.05, 0.1) is 12.3 Å². The van der Waals surface area contributed by atoms with E-state index in [0.29, 0.717) is 6.61 Å². The van der Waals surface area contributed by atoms with Crippen LogP contribution in [0, 0.1) is 6.92 Å². The molecule has 0 bridgehead atoms. The standard InChI is InChI=1S/C11H19NO3/c1-10-9-11(12-15-10)5-8-14-7-4-3-6-13-2/h9H,3-8H2,1-2H3. The number of aromatic nitrogens is 1. The number of methoxy groups -OCH3 is 1. The van der Waals surface area contributed by atoms with Crippen LogP contribution in [-0.4, -0.2) is 32.1 Å². The van der Waals surface area contributed by atoms with Crippen LogP contribution in [-0.2, 0) is 15.9 Å². The highest BCUT2D eigenvalue weighted by molar-refractivity contribution is 5.03. The lowest BCUT2D eigenvalue weighted by atomic mass is 10.3. The normalized spacial score (nSPS) is 10.8. The third-order valence-electron chi connectivity index (χ3n) is 2.07. The molecule has 4 nitrogen and oxygen atoms in total. The second kappa shape index (κ2) is 7.43. The van der Waals surface area contributed by atoms with Gasteiger partial charge in [-0.05, 0) is 19.8 Å². The number of unbranched alkanes of at least 4 members (excludes halogenated alkanes) is 1. The Morgan fingerprint density at radius 3 is 2.73 bits per heavy atom. The topological polar surface area (TPSA) is 44.5 Å². The van der Waals surface area contributed by atoms with E-state index in [1.54, 1.807) is 7.11 Å². The zero-order valence-corrected chi connectivity index (χ0v) is 9.49. The smallest absolute Gasteiger partial charge is 0.133 e. The molecule has 1 rings (SSSR count). The summed E-state index contributed by atoms with van der Waals surface area (Å²) in [5.74, 6) is 0.852. The molecule has 0 atom stereocenters. The van der Waals surface area contributed by atoms with E-state index in [0.717, 1.165) is 43.9 Å². The van der Waals surface area contributed by atoms with Gasteiger partial charge in [-0.15, -0.1) is 0 Å². The molecule has 1 aromatic rings. The summed E-state index contributed by atoms with van der Waals surface area (Å²) >= 11 is 0. The van der Waals surface area contributed by atoms with Crippen molar-refractivity contribution < 1.29 is 14.0 Å². The highest BCUT2D eigenvalue weighted by Crippen LogP contribution is 2.02. The molecule has 4 heteroatoms. The van der Waals surface area contributed by atoms with Crippen LogP contribution in [0.3, 0.4) is 0 Å². The molecule has 0 unspecified atom stereocenters. The molecule has 0 aliphatic carbocycles. The van der Waals surface area contributed by atoms with Crippen LogP contribution in [0.1, 0.15) is 24.3 Å². The van der Waals surface area contributed by atoms with Gasteiger partial charge in [-0.2, -0.15) is 0 Å². The minimum Gasteiger partial charge on any atom is -0.385 e. The van der Waals surface area contributed by atoms with Crippen molar-refractivity contribution in [1.82, 2.24) is 5.16 Å². The summed E-state index contributed by atoms with van der Waals surface area (Å²) < 4.78 is 15.4. The number of nitrogens with zero attached hydrogens (tertiary/aromatic N) is 1. The molecule has 1 aromatic heterocycles. The van der Waals surface area contributed by atoms with Gasteiger partial charge in [0.2, 0.25) is 0 Å². The SMILES string of the molecule is COCCCCOCCc1cc(C)on1. The number of ether oxygens (including phenoxy) is 2. The second-order valence-electron chi connectivity index (χ2n) is 3.49. The number of hydrogen-bond donors (Lipinski definition) is 0. The van der Waals surface area contributed by atoms with E-state index in [1.807, 2.05) is 13.0 Å². The van der Waals surface area contributed by atoms with Crippen molar-refractivity contribution in [1.29, 1.82) is 0 Å². The largest absolute Gasteiger partial charge is 0.385 e. The minimum absolute atomic E-state index is 0.707. The minimum atomic E-state index is 0.707. The van der Waals surface area contributed by atoms with E-state index in [9.17, 15) is 0 Å². The molecule has 0 fully saturated rings. The first-order chi connectivity index (χ1) is 7.33. The predicted molar refractivity (Wildman–Crippen MR) is 56.9 cm³/mol. The van der Waals surface area contributed by atoms with Gasteiger partial charge in [0.25, 0.3) is 0 Å². The second-order valence-corrected chi connectivity index (χ2v) is 3.49. The Bertz CT molecular complexity index is 260. The van der Waals surface area contributed by atoms with Crippen molar-refractivity contribution in [3.8, 4) is 0 Å². The summed E-state index contributed by atoms with van der Waals surface area (Å²) in [5.41, 5.74) is 0.962. The van der Waals surface area contributed by atoms with E-state index >= 15 is 0 Å². The quantitative estimate of drug-likeness (QED) is 0.619. The van der Waals surface area contributed by atoms with Crippen LogP contribution < -0.4 is 0 Å². The zero-order valence-electron chi connectivity index (χ0n) is 9.49. The molecule has 15 heavy (non-hydrogen) atoms. The molecule has 1 heterocycles. The first kappa shape index (κ1) is 12.2. The lowest BCUT2D eigenvalue weighted by molar-refractivity contribution is 0.120. The van der Waals surface area contributed by atoms with E-state index < -0.39 is 0 Å². The highest BCUT2D eigenvalue weighted by atomic mass is 16.5. The molecular weight excluding hydrogens is 194 g/mol. The molecule has 86 valence electrons. The first-order valence-corrected chi connectivity index (χ1v) is 5.32. The number of rotatable bonds is 8. The van der Waals surface area contributed by atoms with Crippen molar-refractivity contribution in [3.63, 3.8) is 0 Å². The average Bonchev–Trinajstić information content (AvgIpc) is 2.63. The Balaban J connectivity index is 1.93. The third-order valence-corrected chi connectivity index (χ3v) is 2.07. The van der Waals surface area contributed by atoms with E-state index in [4.69, 9.17) is 14.0 Å². The zero-order chi connectivity index (χ0) is 10.9. The van der Waals surface area contributed by atoms with Crippen LogP contribution >= 0.6 is 0 Å². The lowest BCUT2D eigenvalue weighted by Crippen LogP contribution is -2.01. The molecule has 0 aromatic carbocycles. The highest BCUT2D eigenvalue weighted by Gasteiger charge is 1.99. The first-order valence-electron chi connectivity index (χ1n) is 5.32. The van der Waals surface area contributed by atoms with E-state index in [-0.39, 0.29) is 0 Å². The van der Waals surface area contributed by atoms with Crippen molar-refractivity contribution in [2.24, 2.45) is 0 Å². The Hall–Kier alpha value is -0.870. The predicted octanol–water partition coefficient (Wildman–Crippen LogP) is 1.97. The van der Waals surface area contributed by atoms with Crippen LogP contribution in [0.4, 0.5) is 0 Å². The molecule has 0 aliphatic rings.